The minimum atomic E-state index is -0.685. The summed E-state index contributed by atoms with van der Waals surface area (Å²) in [7, 11) is 0. The Balaban J connectivity index is 3.91. The minimum absolute atomic E-state index is 0.0640. The van der Waals surface area contributed by atoms with Gasteiger partial charge in [0.1, 0.15) is 0 Å². The number of hydrogen-bond donors (Lipinski definition) is 4. The third-order valence-electron chi connectivity index (χ3n) is 2.92. The average molecular weight is 360 g/mol. The zero-order valence-electron chi connectivity index (χ0n) is 14.7. The molecule has 0 aromatic rings. The first-order valence-electron chi connectivity index (χ1n) is 7.84. The van der Waals surface area contributed by atoms with Crippen LogP contribution in [0.3, 0.4) is 0 Å². The molecule has 0 saturated carbocycles. The molecule has 24 heavy (non-hydrogen) atoms. The summed E-state index contributed by atoms with van der Waals surface area (Å²) in [5.74, 6) is -1.16. The Morgan fingerprint density at radius 1 is 0.875 bits per heavy atom. The van der Waals surface area contributed by atoms with Crippen molar-refractivity contribution in [1.29, 1.82) is 0 Å². The third kappa shape index (κ3) is 11.0. The molecule has 8 nitrogen and oxygen atoms in total. The van der Waals surface area contributed by atoms with Crippen molar-refractivity contribution < 1.29 is 19.2 Å². The van der Waals surface area contributed by atoms with Gasteiger partial charge in [0.05, 0.1) is 25.7 Å². The highest BCUT2D eigenvalue weighted by Gasteiger charge is 2.15. The number of ketones is 1. The van der Waals surface area contributed by atoms with E-state index in [1.807, 2.05) is 13.8 Å². The van der Waals surface area contributed by atoms with Crippen LogP contribution in [0, 0.1) is 5.92 Å². The van der Waals surface area contributed by atoms with Gasteiger partial charge in [0.2, 0.25) is 17.7 Å². The van der Waals surface area contributed by atoms with E-state index < -0.39 is 23.8 Å². The quantitative estimate of drug-likeness (QED) is 0.375. The highest BCUT2D eigenvalue weighted by atomic mass is 32.2. The average Bonchev–Trinajstić information content (AvgIpc) is 2.52. The molecule has 0 unspecified atom stereocenters. The van der Waals surface area contributed by atoms with Crippen LogP contribution < -0.4 is 21.7 Å². The van der Waals surface area contributed by atoms with Crippen LogP contribution >= 0.6 is 11.8 Å². The van der Waals surface area contributed by atoms with Gasteiger partial charge in [-0.25, -0.2) is 0 Å². The number of carbonyl (C=O) groups excluding carboxylic acids is 4. The second-order valence-corrected chi connectivity index (χ2v) is 7.49. The summed E-state index contributed by atoms with van der Waals surface area (Å²) < 4.78 is 0. The molecular formula is C15H28N4O4S. The molecule has 0 fully saturated rings. The normalized spacial score (nSPS) is 12.0. The number of Topliss-reactive ketones (excluding diaryl/α,β-unsaturated/α-hetero) is 1. The topological polar surface area (TPSA) is 130 Å². The van der Waals surface area contributed by atoms with Gasteiger partial charge in [-0.3, -0.25) is 19.2 Å². The van der Waals surface area contributed by atoms with E-state index >= 15 is 0 Å². The van der Waals surface area contributed by atoms with Crippen molar-refractivity contribution in [1.82, 2.24) is 16.0 Å². The molecule has 1 atom stereocenters. The second-order valence-electron chi connectivity index (χ2n) is 5.88. The van der Waals surface area contributed by atoms with Crippen LogP contribution in [0.25, 0.3) is 0 Å². The molecule has 0 radical (unpaired) electrons. The van der Waals surface area contributed by atoms with E-state index in [4.69, 9.17) is 5.73 Å². The van der Waals surface area contributed by atoms with Crippen molar-refractivity contribution in [3.63, 3.8) is 0 Å². The molecule has 0 aromatic heterocycles. The fourth-order valence-corrected chi connectivity index (χ4v) is 2.11. The monoisotopic (exact) mass is 360 g/mol. The van der Waals surface area contributed by atoms with Gasteiger partial charge in [0, 0.05) is 11.7 Å². The second kappa shape index (κ2) is 11.9. The van der Waals surface area contributed by atoms with E-state index in [2.05, 4.69) is 16.0 Å². The molecule has 0 spiro atoms. The van der Waals surface area contributed by atoms with Crippen LogP contribution in [-0.4, -0.2) is 60.2 Å². The van der Waals surface area contributed by atoms with Crippen LogP contribution in [0.4, 0.5) is 0 Å². The fourth-order valence-electron chi connectivity index (χ4n) is 1.36. The van der Waals surface area contributed by atoms with Gasteiger partial charge in [0.15, 0.2) is 5.78 Å². The maximum atomic E-state index is 11.7. The lowest BCUT2D eigenvalue weighted by atomic mass is 10.1. The molecule has 0 aliphatic carbocycles. The van der Waals surface area contributed by atoms with Crippen LogP contribution in [0.1, 0.15) is 27.7 Å². The van der Waals surface area contributed by atoms with Crippen LogP contribution in [0.15, 0.2) is 0 Å². The number of rotatable bonds is 11. The van der Waals surface area contributed by atoms with E-state index in [1.54, 1.807) is 25.6 Å². The SMILES string of the molecule is CC(C)SC[C@H](N)C(=O)NCC(=O)NCC(=O)NCC(=O)C(C)C. The Bertz CT molecular complexity index is 455. The molecule has 9 heteroatoms. The minimum Gasteiger partial charge on any atom is -0.347 e. The number of carbonyl (C=O) groups is 4. The highest BCUT2D eigenvalue weighted by molar-refractivity contribution is 7.99. The van der Waals surface area contributed by atoms with Crippen LogP contribution in [0.5, 0.6) is 0 Å². The van der Waals surface area contributed by atoms with Crippen molar-refractivity contribution in [2.45, 2.75) is 39.0 Å². The number of nitrogens with one attached hydrogen (secondary N) is 3. The molecular weight excluding hydrogens is 332 g/mol. The maximum Gasteiger partial charge on any atom is 0.239 e. The van der Waals surface area contributed by atoms with Gasteiger partial charge in [0.25, 0.3) is 0 Å². The van der Waals surface area contributed by atoms with Crippen molar-refractivity contribution >= 4 is 35.3 Å². The molecule has 3 amide bonds. The lowest BCUT2D eigenvalue weighted by Gasteiger charge is -2.13. The molecule has 0 bridgehead atoms. The first kappa shape index (κ1) is 22.4. The predicted octanol–water partition coefficient (Wildman–Crippen LogP) is -0.971. The Labute approximate surface area is 147 Å². The summed E-state index contributed by atoms with van der Waals surface area (Å²) in [6.45, 7) is 6.91. The lowest BCUT2D eigenvalue weighted by molar-refractivity contribution is -0.128. The van der Waals surface area contributed by atoms with Gasteiger partial charge < -0.3 is 21.7 Å². The Morgan fingerprint density at radius 2 is 1.38 bits per heavy atom. The summed E-state index contributed by atoms with van der Waals surface area (Å²) in [4.78, 5) is 46.1. The summed E-state index contributed by atoms with van der Waals surface area (Å²) >= 11 is 1.56. The standard InChI is InChI=1S/C15H28N4O4S/c1-9(2)12(20)5-17-13(21)6-18-14(22)7-19-15(23)11(16)8-24-10(3)4/h9-11H,5-8,16H2,1-4H3,(H,17,21)(H,18,22)(H,19,23)/t11-/m0/s1. The van der Waals surface area contributed by atoms with Crippen molar-refractivity contribution in [2.24, 2.45) is 11.7 Å². The van der Waals surface area contributed by atoms with E-state index in [0.29, 0.717) is 11.0 Å². The van der Waals surface area contributed by atoms with Crippen LogP contribution in [-0.2, 0) is 19.2 Å². The Hall–Kier alpha value is -1.61. The van der Waals surface area contributed by atoms with Crippen molar-refractivity contribution in [2.75, 3.05) is 25.4 Å². The fraction of sp³-hybridized carbons (Fsp3) is 0.733. The zero-order chi connectivity index (χ0) is 18.7. The molecule has 0 aliphatic rings. The van der Waals surface area contributed by atoms with Gasteiger partial charge in [-0.1, -0.05) is 27.7 Å². The summed E-state index contributed by atoms with van der Waals surface area (Å²) in [5.41, 5.74) is 5.71. The largest absolute Gasteiger partial charge is 0.347 e. The summed E-state index contributed by atoms with van der Waals surface area (Å²) in [5, 5.41) is 7.56. The Kier molecular flexibility index (Phi) is 11.1. The molecule has 138 valence electrons. The van der Waals surface area contributed by atoms with E-state index in [-0.39, 0.29) is 31.3 Å². The highest BCUT2D eigenvalue weighted by Crippen LogP contribution is 2.09. The number of hydrogen-bond acceptors (Lipinski definition) is 6. The third-order valence-corrected chi connectivity index (χ3v) is 4.14. The first-order chi connectivity index (χ1) is 11.1. The predicted molar refractivity (Wildman–Crippen MR) is 94.4 cm³/mol. The molecule has 0 heterocycles. The maximum absolute atomic E-state index is 11.7. The number of amides is 3. The van der Waals surface area contributed by atoms with Crippen LogP contribution in [0.2, 0.25) is 0 Å². The smallest absolute Gasteiger partial charge is 0.239 e. The van der Waals surface area contributed by atoms with Gasteiger partial charge in [-0.15, -0.1) is 0 Å². The Morgan fingerprint density at radius 3 is 1.88 bits per heavy atom. The molecule has 5 N–H and O–H groups in total. The number of nitrogens with two attached hydrogens (primary N) is 1. The van der Waals surface area contributed by atoms with Crippen molar-refractivity contribution in [3.8, 4) is 0 Å². The van der Waals surface area contributed by atoms with E-state index in [0.717, 1.165) is 0 Å². The van der Waals surface area contributed by atoms with E-state index in [1.165, 1.54) is 0 Å². The zero-order valence-corrected chi connectivity index (χ0v) is 15.5. The van der Waals surface area contributed by atoms with E-state index in [9.17, 15) is 19.2 Å². The molecule has 0 aromatic carbocycles. The summed E-state index contributed by atoms with van der Waals surface area (Å²) in [6.07, 6.45) is 0. The first-order valence-corrected chi connectivity index (χ1v) is 8.89. The summed E-state index contributed by atoms with van der Waals surface area (Å²) in [6, 6.07) is -0.685. The molecule has 0 saturated heterocycles. The van der Waals surface area contributed by atoms with Crippen molar-refractivity contribution in [3.05, 3.63) is 0 Å². The lowest BCUT2D eigenvalue weighted by Crippen LogP contribution is -2.47. The molecule has 0 rings (SSSR count). The molecule has 0 aliphatic heterocycles. The van der Waals surface area contributed by atoms with Gasteiger partial charge >= 0.3 is 0 Å². The van der Waals surface area contributed by atoms with Gasteiger partial charge in [-0.05, 0) is 5.25 Å². The number of thioether (sulfide) groups is 1. The van der Waals surface area contributed by atoms with Gasteiger partial charge in [-0.2, -0.15) is 11.8 Å².